The Morgan fingerprint density at radius 1 is 1.13 bits per heavy atom. The van der Waals surface area contributed by atoms with Crippen LogP contribution in [-0.2, 0) is 19.4 Å². The normalized spacial score (nSPS) is 32.6. The highest BCUT2D eigenvalue weighted by atomic mass is 32.3. The Morgan fingerprint density at radius 2 is 1.81 bits per heavy atom. The van der Waals surface area contributed by atoms with E-state index in [-0.39, 0.29) is 5.41 Å². The van der Waals surface area contributed by atoms with Crippen molar-refractivity contribution in [3.8, 4) is 0 Å². The van der Waals surface area contributed by atoms with Crippen LogP contribution < -0.4 is 0 Å². The Balaban J connectivity index is 0.000000339. The first-order chi connectivity index (χ1) is 14.6. The minimum absolute atomic E-state index is 0.161. The fraction of sp³-hybridized carbons (Fsp3) is 0.792. The lowest BCUT2D eigenvalue weighted by atomic mass is 9.58. The summed E-state index contributed by atoms with van der Waals surface area (Å²) < 4.78 is 35.6. The fourth-order valence-corrected chi connectivity index (χ4v) is 6.75. The molecule has 4 rings (SSSR count). The molecule has 0 aromatic heterocycles. The monoisotopic (exact) mass is 453 g/mol. The molecule has 176 valence electrons. The smallest absolute Gasteiger partial charge is 0.304 e. The molecule has 0 aromatic carbocycles. The molecule has 7 heteroatoms. The van der Waals surface area contributed by atoms with E-state index >= 15 is 0 Å². The molecule has 0 aromatic rings. The van der Waals surface area contributed by atoms with Crippen molar-refractivity contribution >= 4 is 16.2 Å². The van der Waals surface area contributed by atoms with Crippen molar-refractivity contribution in [2.75, 3.05) is 19.6 Å². The van der Waals surface area contributed by atoms with Crippen LogP contribution in [0.25, 0.3) is 0 Å². The molecule has 0 amide bonds. The molecule has 2 unspecified atom stereocenters. The van der Waals surface area contributed by atoms with Gasteiger partial charge in [0.05, 0.1) is 6.10 Å². The summed E-state index contributed by atoms with van der Waals surface area (Å²) in [5.74, 6) is 1.26. The van der Waals surface area contributed by atoms with Crippen LogP contribution in [0.15, 0.2) is 22.8 Å². The number of fused-ring (bicyclic) bond motifs is 4. The highest BCUT2D eigenvalue weighted by Crippen LogP contribution is 2.58. The molecule has 1 N–H and O–H groups in total. The van der Waals surface area contributed by atoms with Gasteiger partial charge in [0.1, 0.15) is 5.78 Å². The lowest BCUT2D eigenvalue weighted by Gasteiger charge is -2.45. The number of carbonyl (C=O) groups is 1. The van der Waals surface area contributed by atoms with E-state index in [2.05, 4.69) is 38.7 Å². The second kappa shape index (κ2) is 9.86. The number of allylic oxidation sites excluding steroid dienone is 3. The average molecular weight is 454 g/mol. The Labute approximate surface area is 188 Å². The van der Waals surface area contributed by atoms with Crippen molar-refractivity contribution in [2.45, 2.75) is 85.2 Å². The number of ketones is 1. The number of Topliss-reactive ketones (excluding diaryl/α,β-unsaturated/α-hetero) is 1. The van der Waals surface area contributed by atoms with E-state index < -0.39 is 16.5 Å². The molecule has 0 radical (unpaired) electrons. The minimum Gasteiger partial charge on any atom is -0.304 e. The molecule has 4 atom stereocenters. The van der Waals surface area contributed by atoms with Crippen molar-refractivity contribution in [3.05, 3.63) is 22.8 Å². The lowest BCUT2D eigenvalue weighted by molar-refractivity contribution is -0.127. The van der Waals surface area contributed by atoms with Gasteiger partial charge in [-0.15, -0.1) is 0 Å². The summed E-state index contributed by atoms with van der Waals surface area (Å²) in [4.78, 5) is 14.7. The predicted molar refractivity (Wildman–Crippen MR) is 122 cm³/mol. The molecular formula is C24H39NO5S. The van der Waals surface area contributed by atoms with Gasteiger partial charge in [-0.25, -0.2) is 4.18 Å². The summed E-state index contributed by atoms with van der Waals surface area (Å²) >= 11 is 0. The van der Waals surface area contributed by atoms with Crippen LogP contribution in [0, 0.1) is 17.3 Å². The molecule has 0 spiro atoms. The first-order valence-electron chi connectivity index (χ1n) is 11.9. The summed E-state index contributed by atoms with van der Waals surface area (Å²) in [6, 6.07) is 0. The first kappa shape index (κ1) is 24.6. The largest absolute Gasteiger partial charge is 0.397 e. The van der Waals surface area contributed by atoms with Crippen LogP contribution in [0.4, 0.5) is 0 Å². The average Bonchev–Trinajstić information content (AvgIpc) is 3.03. The Kier molecular flexibility index (Phi) is 7.83. The first-order valence-corrected chi connectivity index (χ1v) is 13.3. The molecule has 2 saturated carbocycles. The van der Waals surface area contributed by atoms with Gasteiger partial charge in [0, 0.05) is 17.8 Å². The molecule has 0 bridgehead atoms. The van der Waals surface area contributed by atoms with Crippen LogP contribution in [0.3, 0.4) is 0 Å². The Morgan fingerprint density at radius 3 is 2.39 bits per heavy atom. The summed E-state index contributed by atoms with van der Waals surface area (Å²) in [5, 5.41) is 0. The highest BCUT2D eigenvalue weighted by Gasteiger charge is 2.52. The van der Waals surface area contributed by atoms with Gasteiger partial charge >= 0.3 is 10.4 Å². The maximum Gasteiger partial charge on any atom is 0.397 e. The van der Waals surface area contributed by atoms with E-state index in [9.17, 15) is 13.2 Å². The predicted octanol–water partition coefficient (Wildman–Crippen LogP) is 4.73. The van der Waals surface area contributed by atoms with Gasteiger partial charge in [-0.2, -0.15) is 8.42 Å². The van der Waals surface area contributed by atoms with E-state index in [1.54, 1.807) is 0 Å². The van der Waals surface area contributed by atoms with Crippen molar-refractivity contribution in [2.24, 2.45) is 17.3 Å². The number of nitrogens with zero attached hydrogens (tertiary/aromatic N) is 1. The molecule has 0 heterocycles. The van der Waals surface area contributed by atoms with E-state index in [1.807, 2.05) is 0 Å². The van der Waals surface area contributed by atoms with E-state index in [0.717, 1.165) is 32.1 Å². The standard InChI is InChI=1S/C18H24O5S.C6H15N/c1-18-9-8-14-13-5-3-12(23-24(20,21)22)10-11(13)2-4-15(14)16(18)6-7-17(18)19;1-4-7(5-2)6-3/h4,12,14,16H,2-3,5-10H2,1H3,(H,20,21,22);4-6H2,1-3H3/t12-,14?,16?,18+;/m1./s1. The van der Waals surface area contributed by atoms with Crippen LogP contribution >= 0.6 is 0 Å². The number of hydrogen-bond acceptors (Lipinski definition) is 5. The van der Waals surface area contributed by atoms with Crippen LogP contribution in [0.1, 0.15) is 79.1 Å². The third-order valence-corrected chi connectivity index (χ3v) is 8.61. The molecule has 0 saturated heterocycles. The van der Waals surface area contributed by atoms with Crippen molar-refractivity contribution in [3.63, 3.8) is 0 Å². The fourth-order valence-electron chi connectivity index (χ4n) is 6.24. The van der Waals surface area contributed by atoms with Crippen LogP contribution in [-0.4, -0.2) is 49.4 Å². The van der Waals surface area contributed by atoms with Crippen molar-refractivity contribution in [1.82, 2.24) is 4.90 Å². The summed E-state index contributed by atoms with van der Waals surface area (Å²) in [5.41, 5.74) is 4.02. The molecule has 6 nitrogen and oxygen atoms in total. The maximum atomic E-state index is 12.3. The molecule has 31 heavy (non-hydrogen) atoms. The summed E-state index contributed by atoms with van der Waals surface area (Å²) in [6.45, 7) is 12.3. The summed E-state index contributed by atoms with van der Waals surface area (Å²) in [6.07, 6.45) is 8.38. The minimum atomic E-state index is -4.39. The second-order valence-electron chi connectivity index (χ2n) is 9.57. The summed E-state index contributed by atoms with van der Waals surface area (Å²) in [7, 11) is -4.39. The van der Waals surface area contributed by atoms with E-state index in [0.29, 0.717) is 36.9 Å². The van der Waals surface area contributed by atoms with Gasteiger partial charge in [0.25, 0.3) is 0 Å². The number of hydrogen-bond donors (Lipinski definition) is 1. The molecule has 4 aliphatic rings. The van der Waals surface area contributed by atoms with Gasteiger partial charge in [0.2, 0.25) is 0 Å². The van der Waals surface area contributed by atoms with Gasteiger partial charge < -0.3 is 4.90 Å². The van der Waals surface area contributed by atoms with Gasteiger partial charge in [0.15, 0.2) is 0 Å². The molecule has 4 aliphatic carbocycles. The molecule has 2 fully saturated rings. The molecule has 0 aliphatic heterocycles. The SMILES string of the molecule is CCN(CC)CC.C[C@]12CCC3C(=CCC4=C3CC[C@@H](OS(=O)(=O)O)C4)C1CCC2=O. The van der Waals surface area contributed by atoms with Gasteiger partial charge in [-0.1, -0.05) is 50.5 Å². The third kappa shape index (κ3) is 5.32. The zero-order chi connectivity index (χ0) is 22.8. The zero-order valence-electron chi connectivity index (χ0n) is 19.5. The zero-order valence-corrected chi connectivity index (χ0v) is 20.3. The molecular weight excluding hydrogens is 414 g/mol. The lowest BCUT2D eigenvalue weighted by Crippen LogP contribution is -2.39. The quantitative estimate of drug-likeness (QED) is 0.479. The highest BCUT2D eigenvalue weighted by molar-refractivity contribution is 7.80. The van der Waals surface area contributed by atoms with Crippen LogP contribution in [0.2, 0.25) is 0 Å². The van der Waals surface area contributed by atoms with Crippen molar-refractivity contribution < 1.29 is 21.9 Å². The third-order valence-electron chi connectivity index (χ3n) is 8.09. The maximum absolute atomic E-state index is 12.3. The second-order valence-corrected chi connectivity index (χ2v) is 10.6. The van der Waals surface area contributed by atoms with Crippen LogP contribution in [0.5, 0.6) is 0 Å². The van der Waals surface area contributed by atoms with Crippen molar-refractivity contribution in [1.29, 1.82) is 0 Å². The number of rotatable bonds is 5. The number of carbonyl (C=O) groups excluding carboxylic acids is 1. The Bertz CT molecular complexity index is 837. The van der Waals surface area contributed by atoms with Gasteiger partial charge in [-0.3, -0.25) is 9.35 Å². The van der Waals surface area contributed by atoms with Gasteiger partial charge in [-0.05, 0) is 70.5 Å². The topological polar surface area (TPSA) is 83.9 Å². The Hall–Kier alpha value is -1.02. The van der Waals surface area contributed by atoms with E-state index in [4.69, 9.17) is 8.74 Å². The van der Waals surface area contributed by atoms with E-state index in [1.165, 1.54) is 36.4 Å².